The van der Waals surface area contributed by atoms with Crippen molar-refractivity contribution >= 4 is 17.7 Å². The number of fused-ring (bicyclic) bond motifs is 1. The number of hydrogen-bond acceptors (Lipinski definition) is 1. The summed E-state index contributed by atoms with van der Waals surface area (Å²) in [6.07, 6.45) is 1.81. The van der Waals surface area contributed by atoms with Gasteiger partial charge in [0, 0.05) is 5.56 Å². The summed E-state index contributed by atoms with van der Waals surface area (Å²) in [5.41, 5.74) is 3.78. The summed E-state index contributed by atoms with van der Waals surface area (Å²) in [6.45, 7) is 0. The lowest BCUT2D eigenvalue weighted by atomic mass is 10.2. The number of halogens is 1. The van der Waals surface area contributed by atoms with E-state index in [2.05, 4.69) is 5.73 Å². The fraction of sp³-hybridized carbons (Fsp3) is 0. The first kappa shape index (κ1) is 6.53. The van der Waals surface area contributed by atoms with Crippen LogP contribution in [-0.4, -0.2) is 0 Å². The highest BCUT2D eigenvalue weighted by Gasteiger charge is 2.04. The number of hydrogen-bond donors (Lipinski definition) is 0. The molecule has 0 aromatic heterocycles. The Morgan fingerprint density at radius 1 is 1.27 bits per heavy atom. The van der Waals surface area contributed by atoms with E-state index in [1.54, 1.807) is 6.08 Å². The topological polar surface area (TPSA) is 9.23 Å². The summed E-state index contributed by atoms with van der Waals surface area (Å²) < 4.78 is 5.17. The molecule has 0 aliphatic carbocycles. The van der Waals surface area contributed by atoms with E-state index in [9.17, 15) is 0 Å². The molecule has 0 bridgehead atoms. The molecule has 0 radical (unpaired) electrons. The quantitative estimate of drug-likeness (QED) is 0.536. The second kappa shape index (κ2) is 2.46. The Labute approximate surface area is 69.6 Å². The van der Waals surface area contributed by atoms with E-state index in [0.29, 0.717) is 5.22 Å². The van der Waals surface area contributed by atoms with Crippen molar-refractivity contribution in [2.75, 3.05) is 0 Å². The lowest BCUT2D eigenvalue weighted by Gasteiger charge is -2.07. The van der Waals surface area contributed by atoms with E-state index < -0.39 is 0 Å². The molecule has 0 saturated carbocycles. The van der Waals surface area contributed by atoms with Crippen LogP contribution in [0.5, 0.6) is 5.75 Å². The van der Waals surface area contributed by atoms with Crippen molar-refractivity contribution < 1.29 is 4.74 Å². The van der Waals surface area contributed by atoms with Gasteiger partial charge in [0.05, 0.1) is 0 Å². The van der Waals surface area contributed by atoms with Gasteiger partial charge in [0.25, 0.3) is 0 Å². The summed E-state index contributed by atoms with van der Waals surface area (Å²) in [6, 6.07) is 7.67. The molecule has 11 heavy (non-hydrogen) atoms. The third-order valence-corrected chi connectivity index (χ3v) is 1.65. The summed E-state index contributed by atoms with van der Waals surface area (Å²) in [5, 5.41) is 0.295. The van der Waals surface area contributed by atoms with E-state index in [-0.39, 0.29) is 0 Å². The smallest absolute Gasteiger partial charge is 0.238 e. The molecule has 0 spiro atoms. The van der Waals surface area contributed by atoms with Crippen LogP contribution in [-0.2, 0) is 0 Å². The Hall–Kier alpha value is -1.17. The number of ether oxygens (including phenoxy) is 1. The molecule has 1 heterocycles. The second-order valence-electron chi connectivity index (χ2n) is 2.20. The molecular formula is C9H5ClO. The lowest BCUT2D eigenvalue weighted by molar-refractivity contribution is 0.460. The van der Waals surface area contributed by atoms with Crippen LogP contribution in [0.25, 0.3) is 6.08 Å². The Morgan fingerprint density at radius 3 is 3.00 bits per heavy atom. The van der Waals surface area contributed by atoms with Crippen molar-refractivity contribution in [3.8, 4) is 5.75 Å². The van der Waals surface area contributed by atoms with Crippen molar-refractivity contribution in [2.24, 2.45) is 0 Å². The van der Waals surface area contributed by atoms with Crippen LogP contribution in [0.4, 0.5) is 0 Å². The minimum Gasteiger partial charge on any atom is -0.437 e. The maximum Gasteiger partial charge on any atom is 0.238 e. The maximum atomic E-state index is 5.60. The Morgan fingerprint density at radius 2 is 2.09 bits per heavy atom. The van der Waals surface area contributed by atoms with Crippen molar-refractivity contribution in [1.29, 1.82) is 0 Å². The molecule has 54 valence electrons. The van der Waals surface area contributed by atoms with E-state index in [0.717, 1.165) is 11.3 Å². The Kier molecular flexibility index (Phi) is 1.46. The van der Waals surface area contributed by atoms with Crippen LogP contribution in [0.3, 0.4) is 0 Å². The molecule has 0 atom stereocenters. The van der Waals surface area contributed by atoms with Crippen LogP contribution in [0.2, 0.25) is 0 Å². The van der Waals surface area contributed by atoms with Gasteiger partial charge in [-0.2, -0.15) is 0 Å². The highest BCUT2D eigenvalue weighted by Crippen LogP contribution is 2.25. The molecule has 1 nitrogen and oxygen atoms in total. The zero-order valence-corrected chi connectivity index (χ0v) is 6.43. The van der Waals surface area contributed by atoms with Gasteiger partial charge in [-0.25, -0.2) is 0 Å². The highest BCUT2D eigenvalue weighted by molar-refractivity contribution is 6.28. The van der Waals surface area contributed by atoms with Crippen molar-refractivity contribution in [3.63, 3.8) is 0 Å². The van der Waals surface area contributed by atoms with E-state index in [1.807, 2.05) is 24.3 Å². The molecule has 1 aromatic carbocycles. The molecular weight excluding hydrogens is 160 g/mol. The molecule has 2 rings (SSSR count). The normalized spacial score (nSPS) is 13.4. The Balaban J connectivity index is 2.59. The monoisotopic (exact) mass is 164 g/mol. The summed E-state index contributed by atoms with van der Waals surface area (Å²) in [5.74, 6) is 0.788. The first-order valence-electron chi connectivity index (χ1n) is 3.25. The third-order valence-electron chi connectivity index (χ3n) is 1.46. The molecule has 1 aliphatic heterocycles. The molecule has 0 saturated heterocycles. The van der Waals surface area contributed by atoms with Crippen LogP contribution in [0, 0.1) is 0 Å². The van der Waals surface area contributed by atoms with Gasteiger partial charge in [-0.15, -0.1) is 0 Å². The van der Waals surface area contributed by atoms with E-state index in [1.165, 1.54) is 0 Å². The van der Waals surface area contributed by atoms with E-state index >= 15 is 0 Å². The molecule has 0 unspecified atom stereocenters. The zero-order valence-electron chi connectivity index (χ0n) is 5.67. The molecule has 1 aliphatic rings. The van der Waals surface area contributed by atoms with Crippen LogP contribution >= 0.6 is 11.6 Å². The number of para-hydroxylation sites is 1. The van der Waals surface area contributed by atoms with Crippen LogP contribution in [0.1, 0.15) is 5.56 Å². The molecule has 0 N–H and O–H groups in total. The molecule has 1 aromatic rings. The maximum absolute atomic E-state index is 5.60. The predicted molar refractivity (Wildman–Crippen MR) is 44.4 cm³/mol. The number of rotatable bonds is 0. The summed E-state index contributed by atoms with van der Waals surface area (Å²) >= 11 is 5.60. The van der Waals surface area contributed by atoms with E-state index in [4.69, 9.17) is 16.3 Å². The van der Waals surface area contributed by atoms with Gasteiger partial charge in [0.1, 0.15) is 5.75 Å². The van der Waals surface area contributed by atoms with Gasteiger partial charge in [0.2, 0.25) is 5.22 Å². The molecule has 0 amide bonds. The van der Waals surface area contributed by atoms with Crippen molar-refractivity contribution in [1.82, 2.24) is 0 Å². The third kappa shape index (κ3) is 1.16. The van der Waals surface area contributed by atoms with Crippen molar-refractivity contribution in [3.05, 3.63) is 40.8 Å². The number of benzene rings is 1. The SMILES string of the molecule is ClC1=C=Cc2ccccc2O1. The highest BCUT2D eigenvalue weighted by atomic mass is 35.5. The van der Waals surface area contributed by atoms with Gasteiger partial charge in [-0.1, -0.05) is 23.9 Å². The van der Waals surface area contributed by atoms with Gasteiger partial charge < -0.3 is 4.74 Å². The summed E-state index contributed by atoms with van der Waals surface area (Å²) in [4.78, 5) is 0. The lowest BCUT2D eigenvalue weighted by Crippen LogP contribution is -1.92. The fourth-order valence-electron chi connectivity index (χ4n) is 0.953. The van der Waals surface area contributed by atoms with Crippen LogP contribution < -0.4 is 4.74 Å². The first-order chi connectivity index (χ1) is 5.36. The van der Waals surface area contributed by atoms with Crippen molar-refractivity contribution in [2.45, 2.75) is 0 Å². The van der Waals surface area contributed by atoms with Crippen LogP contribution in [0.15, 0.2) is 35.2 Å². The van der Waals surface area contributed by atoms with Gasteiger partial charge in [-0.3, -0.25) is 0 Å². The second-order valence-corrected chi connectivity index (χ2v) is 2.55. The molecule has 0 fully saturated rings. The predicted octanol–water partition coefficient (Wildman–Crippen LogP) is 2.77. The van der Waals surface area contributed by atoms with Gasteiger partial charge >= 0.3 is 0 Å². The molecule has 2 heteroatoms. The minimum absolute atomic E-state index is 0.295. The summed E-state index contributed by atoms with van der Waals surface area (Å²) in [7, 11) is 0. The first-order valence-corrected chi connectivity index (χ1v) is 3.63. The largest absolute Gasteiger partial charge is 0.437 e. The standard InChI is InChI=1S/C9H5ClO/c10-9-6-5-7-3-1-2-4-8(7)11-9/h1-5H. The van der Waals surface area contributed by atoms with Gasteiger partial charge in [-0.05, 0) is 23.7 Å². The fourth-order valence-corrected chi connectivity index (χ4v) is 1.09. The zero-order chi connectivity index (χ0) is 7.68. The Bertz CT molecular complexity index is 348. The minimum atomic E-state index is 0.295. The van der Waals surface area contributed by atoms with Gasteiger partial charge in [0.15, 0.2) is 0 Å². The average Bonchev–Trinajstić information content (AvgIpc) is 2.04. The average molecular weight is 165 g/mol.